The molecule has 0 radical (unpaired) electrons. The van der Waals surface area contributed by atoms with Crippen molar-refractivity contribution in [2.75, 3.05) is 32.7 Å². The number of hydrogen-bond donors (Lipinski definition) is 1. The molecule has 0 aromatic heterocycles. The summed E-state index contributed by atoms with van der Waals surface area (Å²) < 4.78 is 0. The van der Waals surface area contributed by atoms with E-state index in [2.05, 4.69) is 34.5 Å². The average molecular weight is 394 g/mol. The summed E-state index contributed by atoms with van der Waals surface area (Å²) in [4.78, 5) is 28.9. The SMILES string of the molecule is CC(C)C(=O)N1CCN(CC(=O)NC(Cc2ccccc2)c2ccccc2)CC1. The predicted molar refractivity (Wildman–Crippen MR) is 115 cm³/mol. The molecule has 0 spiro atoms. The van der Waals surface area contributed by atoms with Crippen molar-refractivity contribution in [3.8, 4) is 0 Å². The van der Waals surface area contributed by atoms with Crippen molar-refractivity contribution in [2.45, 2.75) is 26.3 Å². The van der Waals surface area contributed by atoms with E-state index in [1.807, 2.05) is 55.1 Å². The number of rotatable bonds is 7. The van der Waals surface area contributed by atoms with Crippen molar-refractivity contribution in [2.24, 2.45) is 5.92 Å². The number of benzene rings is 2. The molecule has 2 amide bonds. The number of nitrogens with one attached hydrogen (secondary N) is 1. The molecule has 0 saturated carbocycles. The molecule has 154 valence electrons. The Kier molecular flexibility index (Phi) is 7.42. The third-order valence-electron chi connectivity index (χ3n) is 5.36. The molecule has 29 heavy (non-hydrogen) atoms. The normalized spacial score (nSPS) is 15.9. The molecule has 1 N–H and O–H groups in total. The van der Waals surface area contributed by atoms with E-state index in [-0.39, 0.29) is 23.8 Å². The first-order valence-corrected chi connectivity index (χ1v) is 10.4. The number of piperazine rings is 1. The van der Waals surface area contributed by atoms with Crippen LogP contribution in [0.2, 0.25) is 0 Å². The summed E-state index contributed by atoms with van der Waals surface area (Å²) in [6.07, 6.45) is 0.757. The summed E-state index contributed by atoms with van der Waals surface area (Å²) in [7, 11) is 0. The first kappa shape index (κ1) is 21.1. The van der Waals surface area contributed by atoms with Gasteiger partial charge >= 0.3 is 0 Å². The maximum Gasteiger partial charge on any atom is 0.234 e. The van der Waals surface area contributed by atoms with Crippen molar-refractivity contribution in [1.29, 1.82) is 0 Å². The molecular weight excluding hydrogens is 362 g/mol. The van der Waals surface area contributed by atoms with Gasteiger partial charge in [-0.05, 0) is 17.5 Å². The van der Waals surface area contributed by atoms with Crippen LogP contribution in [0.3, 0.4) is 0 Å². The standard InChI is InChI=1S/C24H31N3O2/c1-19(2)24(29)27-15-13-26(14-16-27)18-23(28)25-22(21-11-7-4-8-12-21)17-20-9-5-3-6-10-20/h3-12,19,22H,13-18H2,1-2H3,(H,25,28). The highest BCUT2D eigenvalue weighted by Gasteiger charge is 2.24. The predicted octanol–water partition coefficient (Wildman–Crippen LogP) is 2.89. The van der Waals surface area contributed by atoms with Crippen LogP contribution >= 0.6 is 0 Å². The smallest absolute Gasteiger partial charge is 0.234 e. The maximum atomic E-state index is 12.8. The Hall–Kier alpha value is -2.66. The van der Waals surface area contributed by atoms with Crippen molar-refractivity contribution in [1.82, 2.24) is 15.1 Å². The number of hydrogen-bond acceptors (Lipinski definition) is 3. The summed E-state index contributed by atoms with van der Waals surface area (Å²) in [5, 5.41) is 3.22. The van der Waals surface area contributed by atoms with Crippen LogP contribution in [0, 0.1) is 5.92 Å². The zero-order chi connectivity index (χ0) is 20.6. The van der Waals surface area contributed by atoms with Crippen LogP contribution in [0.1, 0.15) is 31.0 Å². The second-order valence-electron chi connectivity index (χ2n) is 7.98. The second-order valence-corrected chi connectivity index (χ2v) is 7.98. The first-order chi connectivity index (χ1) is 14.0. The third-order valence-corrected chi connectivity index (χ3v) is 5.36. The molecule has 1 aliphatic rings. The van der Waals surface area contributed by atoms with E-state index in [4.69, 9.17) is 0 Å². The fourth-order valence-corrected chi connectivity index (χ4v) is 3.72. The Morgan fingerprint density at radius 1 is 0.897 bits per heavy atom. The molecule has 1 saturated heterocycles. The van der Waals surface area contributed by atoms with Gasteiger partial charge in [0.05, 0.1) is 12.6 Å². The van der Waals surface area contributed by atoms with Crippen LogP contribution in [-0.4, -0.2) is 54.3 Å². The van der Waals surface area contributed by atoms with Crippen LogP contribution < -0.4 is 5.32 Å². The average Bonchev–Trinajstić information content (AvgIpc) is 2.74. The minimum absolute atomic E-state index is 0.0227. The van der Waals surface area contributed by atoms with Gasteiger partial charge in [-0.3, -0.25) is 14.5 Å². The molecule has 2 aromatic rings. The van der Waals surface area contributed by atoms with Crippen molar-refractivity contribution >= 4 is 11.8 Å². The van der Waals surface area contributed by atoms with Crippen LogP contribution in [0.5, 0.6) is 0 Å². The molecule has 1 aliphatic heterocycles. The molecule has 5 nitrogen and oxygen atoms in total. The zero-order valence-corrected chi connectivity index (χ0v) is 17.4. The molecule has 1 fully saturated rings. The van der Waals surface area contributed by atoms with Gasteiger partial charge in [0.1, 0.15) is 0 Å². The summed E-state index contributed by atoms with van der Waals surface area (Å²) in [5.41, 5.74) is 2.31. The second kappa shape index (κ2) is 10.2. The molecule has 0 bridgehead atoms. The highest BCUT2D eigenvalue weighted by atomic mass is 16.2. The summed E-state index contributed by atoms with van der Waals surface area (Å²) in [6.45, 7) is 7.08. The van der Waals surface area contributed by atoms with E-state index in [0.717, 1.165) is 25.1 Å². The third kappa shape index (κ3) is 6.16. The number of nitrogens with zero attached hydrogens (tertiary/aromatic N) is 2. The van der Waals surface area contributed by atoms with Crippen LogP contribution in [0.15, 0.2) is 60.7 Å². The van der Waals surface area contributed by atoms with Crippen LogP contribution in [-0.2, 0) is 16.0 Å². The monoisotopic (exact) mass is 393 g/mol. The summed E-state index contributed by atoms with van der Waals surface area (Å²) in [6, 6.07) is 20.3. The van der Waals surface area contributed by atoms with E-state index < -0.39 is 0 Å². The fourth-order valence-electron chi connectivity index (χ4n) is 3.72. The van der Waals surface area contributed by atoms with Gasteiger partial charge in [0.15, 0.2) is 0 Å². The Morgan fingerprint density at radius 3 is 2.07 bits per heavy atom. The lowest BCUT2D eigenvalue weighted by molar-refractivity contribution is -0.136. The zero-order valence-electron chi connectivity index (χ0n) is 17.4. The molecule has 1 atom stereocenters. The van der Waals surface area contributed by atoms with E-state index in [0.29, 0.717) is 19.6 Å². The van der Waals surface area contributed by atoms with Gasteiger partial charge in [-0.25, -0.2) is 0 Å². The molecule has 5 heteroatoms. The van der Waals surface area contributed by atoms with E-state index in [1.165, 1.54) is 5.56 Å². The minimum Gasteiger partial charge on any atom is -0.348 e. The largest absolute Gasteiger partial charge is 0.348 e. The lowest BCUT2D eigenvalue weighted by Crippen LogP contribution is -2.52. The number of amides is 2. The van der Waals surface area contributed by atoms with Gasteiger partial charge in [-0.15, -0.1) is 0 Å². The maximum absolute atomic E-state index is 12.8. The lowest BCUT2D eigenvalue weighted by Gasteiger charge is -2.35. The van der Waals surface area contributed by atoms with E-state index in [1.54, 1.807) is 0 Å². The van der Waals surface area contributed by atoms with Gasteiger partial charge in [0.2, 0.25) is 11.8 Å². The number of carbonyl (C=O) groups excluding carboxylic acids is 2. The summed E-state index contributed by atoms with van der Waals surface area (Å²) in [5.74, 6) is 0.244. The number of carbonyl (C=O) groups is 2. The van der Waals surface area contributed by atoms with E-state index >= 15 is 0 Å². The van der Waals surface area contributed by atoms with Crippen molar-refractivity contribution in [3.63, 3.8) is 0 Å². The first-order valence-electron chi connectivity index (χ1n) is 10.4. The van der Waals surface area contributed by atoms with Gasteiger partial charge in [-0.2, -0.15) is 0 Å². The van der Waals surface area contributed by atoms with E-state index in [9.17, 15) is 9.59 Å². The van der Waals surface area contributed by atoms with Gasteiger partial charge < -0.3 is 10.2 Å². The van der Waals surface area contributed by atoms with Crippen LogP contribution in [0.25, 0.3) is 0 Å². The Morgan fingerprint density at radius 2 is 1.48 bits per heavy atom. The van der Waals surface area contributed by atoms with Crippen molar-refractivity contribution in [3.05, 3.63) is 71.8 Å². The Balaban J connectivity index is 1.57. The molecule has 1 unspecified atom stereocenters. The molecule has 2 aromatic carbocycles. The van der Waals surface area contributed by atoms with Crippen molar-refractivity contribution < 1.29 is 9.59 Å². The highest BCUT2D eigenvalue weighted by Crippen LogP contribution is 2.18. The quantitative estimate of drug-likeness (QED) is 0.787. The molecular formula is C24H31N3O2. The summed E-state index contributed by atoms with van der Waals surface area (Å²) >= 11 is 0. The minimum atomic E-state index is -0.0603. The Labute approximate surface area is 173 Å². The van der Waals surface area contributed by atoms with Crippen LogP contribution in [0.4, 0.5) is 0 Å². The molecule has 3 rings (SSSR count). The van der Waals surface area contributed by atoms with Gasteiger partial charge in [0, 0.05) is 32.1 Å². The van der Waals surface area contributed by atoms with Gasteiger partial charge in [0.25, 0.3) is 0 Å². The molecule has 0 aliphatic carbocycles. The Bertz CT molecular complexity index is 784. The molecule has 1 heterocycles. The topological polar surface area (TPSA) is 52.7 Å². The lowest BCUT2D eigenvalue weighted by atomic mass is 9.99. The highest BCUT2D eigenvalue weighted by molar-refractivity contribution is 5.79. The fraction of sp³-hybridized carbons (Fsp3) is 0.417. The van der Waals surface area contributed by atoms with Gasteiger partial charge in [-0.1, -0.05) is 74.5 Å².